The normalized spacial score (nSPS) is 15.9. The van der Waals surface area contributed by atoms with Crippen LogP contribution in [-0.2, 0) is 9.53 Å². The van der Waals surface area contributed by atoms with Gasteiger partial charge in [-0.2, -0.15) is 5.10 Å². The summed E-state index contributed by atoms with van der Waals surface area (Å²) in [7, 11) is 1.65. The van der Waals surface area contributed by atoms with Gasteiger partial charge in [0.2, 0.25) is 5.13 Å². The quantitative estimate of drug-likeness (QED) is 0.384. The first-order chi connectivity index (χ1) is 15.1. The van der Waals surface area contributed by atoms with E-state index >= 15 is 0 Å². The number of anilines is 1. The minimum atomic E-state index is -0.250. The van der Waals surface area contributed by atoms with Gasteiger partial charge in [-0.05, 0) is 24.6 Å². The van der Waals surface area contributed by atoms with E-state index in [-0.39, 0.29) is 17.7 Å². The minimum Gasteiger partial charge on any atom is -0.467 e. The van der Waals surface area contributed by atoms with Crippen LogP contribution in [0.4, 0.5) is 5.13 Å². The van der Waals surface area contributed by atoms with Gasteiger partial charge in [-0.25, -0.2) is 5.01 Å². The SMILES string of the molecule is COCCNc1nnc(SCC(=O)N2N=C(c3ccc(C)cc3)C[C@H]2c2ccco2)s1. The van der Waals surface area contributed by atoms with Crippen LogP contribution in [-0.4, -0.2) is 52.8 Å². The zero-order chi connectivity index (χ0) is 21.6. The van der Waals surface area contributed by atoms with Gasteiger partial charge < -0.3 is 14.5 Å². The van der Waals surface area contributed by atoms with Crippen molar-refractivity contribution in [1.82, 2.24) is 15.2 Å². The third kappa shape index (κ3) is 5.33. The summed E-state index contributed by atoms with van der Waals surface area (Å²) in [5.74, 6) is 0.844. The Hall–Kier alpha value is -2.69. The molecule has 3 heterocycles. The van der Waals surface area contributed by atoms with Crippen LogP contribution in [0, 0.1) is 6.92 Å². The van der Waals surface area contributed by atoms with Gasteiger partial charge in [0.1, 0.15) is 11.8 Å². The number of nitrogens with zero attached hydrogens (tertiary/aromatic N) is 4. The lowest BCUT2D eigenvalue weighted by atomic mass is 10.0. The second-order valence-corrected chi connectivity index (χ2v) is 9.17. The van der Waals surface area contributed by atoms with E-state index in [4.69, 9.17) is 9.15 Å². The lowest BCUT2D eigenvalue weighted by Crippen LogP contribution is -2.28. The third-order valence-corrected chi connectivity index (χ3v) is 6.73. The average molecular weight is 458 g/mol. The number of hydrazone groups is 1. The van der Waals surface area contributed by atoms with E-state index in [0.717, 1.165) is 21.4 Å². The maximum absolute atomic E-state index is 13.1. The van der Waals surface area contributed by atoms with Crippen LogP contribution >= 0.6 is 23.1 Å². The molecule has 0 radical (unpaired) electrons. The molecule has 0 fully saturated rings. The van der Waals surface area contributed by atoms with Crippen LogP contribution in [0.5, 0.6) is 0 Å². The number of aryl methyl sites for hydroxylation is 1. The van der Waals surface area contributed by atoms with E-state index in [0.29, 0.717) is 24.7 Å². The minimum absolute atomic E-state index is 0.0994. The Labute approximate surface area is 188 Å². The highest BCUT2D eigenvalue weighted by Crippen LogP contribution is 2.34. The molecular weight excluding hydrogens is 434 g/mol. The first kappa shape index (κ1) is 21.5. The number of ether oxygens (including phenoxy) is 1. The number of nitrogens with one attached hydrogen (secondary N) is 1. The number of methoxy groups -OCH3 is 1. The molecule has 0 saturated carbocycles. The number of rotatable bonds is 9. The standard InChI is InChI=1S/C21H23N5O3S2/c1-14-5-7-15(8-6-14)16-12-17(18-4-3-10-29-18)26(25-16)19(27)13-30-21-24-23-20(31-21)22-9-11-28-2/h3-8,10,17H,9,11-13H2,1-2H3,(H,22,23)/t17-/m0/s1. The highest BCUT2D eigenvalue weighted by atomic mass is 32.2. The van der Waals surface area contributed by atoms with Gasteiger partial charge in [-0.3, -0.25) is 4.79 Å². The summed E-state index contributed by atoms with van der Waals surface area (Å²) >= 11 is 2.77. The fraction of sp³-hybridized carbons (Fsp3) is 0.333. The molecule has 31 heavy (non-hydrogen) atoms. The number of hydrogen-bond acceptors (Lipinski definition) is 9. The van der Waals surface area contributed by atoms with Crippen molar-refractivity contribution in [2.75, 3.05) is 31.3 Å². The molecule has 1 aliphatic heterocycles. The first-order valence-corrected chi connectivity index (χ1v) is 11.6. The van der Waals surface area contributed by atoms with Crippen molar-refractivity contribution in [3.05, 3.63) is 59.5 Å². The summed E-state index contributed by atoms with van der Waals surface area (Å²) in [6.07, 6.45) is 2.23. The number of aromatic nitrogens is 2. The number of furan rings is 1. The summed E-state index contributed by atoms with van der Waals surface area (Å²) in [5, 5.41) is 18.3. The van der Waals surface area contributed by atoms with E-state index in [1.807, 2.05) is 43.3 Å². The highest BCUT2D eigenvalue weighted by Gasteiger charge is 2.34. The first-order valence-electron chi connectivity index (χ1n) is 9.83. The second kappa shape index (κ2) is 10.1. The summed E-state index contributed by atoms with van der Waals surface area (Å²) in [4.78, 5) is 13.1. The smallest absolute Gasteiger partial charge is 0.253 e. The van der Waals surface area contributed by atoms with E-state index in [9.17, 15) is 4.79 Å². The van der Waals surface area contributed by atoms with Crippen molar-refractivity contribution in [1.29, 1.82) is 0 Å². The Morgan fingerprint density at radius 2 is 2.16 bits per heavy atom. The van der Waals surface area contributed by atoms with Crippen LogP contribution in [0.3, 0.4) is 0 Å². The highest BCUT2D eigenvalue weighted by molar-refractivity contribution is 8.01. The zero-order valence-electron chi connectivity index (χ0n) is 17.3. The van der Waals surface area contributed by atoms with Crippen molar-refractivity contribution in [3.63, 3.8) is 0 Å². The predicted octanol–water partition coefficient (Wildman–Crippen LogP) is 3.97. The molecule has 2 aromatic heterocycles. The number of amides is 1. The summed E-state index contributed by atoms with van der Waals surface area (Å²) < 4.78 is 11.3. The fourth-order valence-electron chi connectivity index (χ4n) is 3.15. The van der Waals surface area contributed by atoms with Crippen LogP contribution in [0.15, 0.2) is 56.5 Å². The molecular formula is C21H23N5O3S2. The summed E-state index contributed by atoms with van der Waals surface area (Å²) in [6.45, 7) is 3.29. The van der Waals surface area contributed by atoms with Crippen molar-refractivity contribution in [2.45, 2.75) is 23.7 Å². The lowest BCUT2D eigenvalue weighted by Gasteiger charge is -2.19. The van der Waals surface area contributed by atoms with Crippen molar-refractivity contribution in [2.24, 2.45) is 5.10 Å². The molecule has 0 aliphatic carbocycles. The Balaban J connectivity index is 1.44. The Morgan fingerprint density at radius 3 is 2.90 bits per heavy atom. The van der Waals surface area contributed by atoms with Crippen molar-refractivity contribution < 1.29 is 13.9 Å². The van der Waals surface area contributed by atoms with Crippen molar-refractivity contribution >= 4 is 39.8 Å². The monoisotopic (exact) mass is 457 g/mol. The molecule has 1 amide bonds. The molecule has 1 atom stereocenters. The molecule has 8 nitrogen and oxygen atoms in total. The molecule has 4 rings (SSSR count). The number of carbonyl (C=O) groups excluding carboxylic acids is 1. The predicted molar refractivity (Wildman–Crippen MR) is 122 cm³/mol. The van der Waals surface area contributed by atoms with E-state index in [2.05, 4.69) is 20.6 Å². The zero-order valence-corrected chi connectivity index (χ0v) is 18.9. The largest absolute Gasteiger partial charge is 0.467 e. The fourth-order valence-corrected chi connectivity index (χ4v) is 4.78. The molecule has 0 bridgehead atoms. The topological polar surface area (TPSA) is 92.8 Å². The molecule has 0 spiro atoms. The van der Waals surface area contributed by atoms with Gasteiger partial charge in [0, 0.05) is 20.1 Å². The maximum atomic E-state index is 13.1. The van der Waals surface area contributed by atoms with Crippen molar-refractivity contribution in [3.8, 4) is 0 Å². The number of carbonyl (C=O) groups is 1. The molecule has 0 unspecified atom stereocenters. The molecule has 0 saturated heterocycles. The lowest BCUT2D eigenvalue weighted by molar-refractivity contribution is -0.130. The number of hydrogen-bond donors (Lipinski definition) is 1. The average Bonchev–Trinajstić information content (AvgIpc) is 3.53. The van der Waals surface area contributed by atoms with Gasteiger partial charge in [-0.1, -0.05) is 52.9 Å². The Kier molecular flexibility index (Phi) is 7.00. The molecule has 1 aromatic carbocycles. The van der Waals surface area contributed by atoms with Gasteiger partial charge in [0.05, 0.1) is 24.3 Å². The maximum Gasteiger partial charge on any atom is 0.253 e. The van der Waals surface area contributed by atoms with E-state index in [1.165, 1.54) is 28.7 Å². The Bertz CT molecular complexity index is 1030. The third-order valence-electron chi connectivity index (χ3n) is 4.73. The van der Waals surface area contributed by atoms with Gasteiger partial charge in [-0.15, -0.1) is 10.2 Å². The molecule has 1 N–H and O–H groups in total. The van der Waals surface area contributed by atoms with E-state index in [1.54, 1.807) is 18.4 Å². The summed E-state index contributed by atoms with van der Waals surface area (Å²) in [6, 6.07) is 11.6. The number of benzene rings is 1. The molecule has 10 heteroatoms. The Morgan fingerprint density at radius 1 is 1.32 bits per heavy atom. The van der Waals surface area contributed by atoms with E-state index < -0.39 is 0 Å². The van der Waals surface area contributed by atoms with Gasteiger partial charge in [0.15, 0.2) is 4.34 Å². The second-order valence-electron chi connectivity index (χ2n) is 6.97. The van der Waals surface area contributed by atoms with Gasteiger partial charge >= 0.3 is 0 Å². The van der Waals surface area contributed by atoms with Crippen LogP contribution in [0.2, 0.25) is 0 Å². The van der Waals surface area contributed by atoms with Crippen LogP contribution in [0.25, 0.3) is 0 Å². The van der Waals surface area contributed by atoms with Gasteiger partial charge in [0.25, 0.3) is 5.91 Å². The number of thioether (sulfide) groups is 1. The van der Waals surface area contributed by atoms with Crippen LogP contribution in [0.1, 0.15) is 29.3 Å². The summed E-state index contributed by atoms with van der Waals surface area (Å²) in [5.41, 5.74) is 3.07. The molecule has 162 valence electrons. The van der Waals surface area contributed by atoms with Crippen LogP contribution < -0.4 is 5.32 Å². The molecule has 3 aromatic rings. The molecule has 1 aliphatic rings.